The molecular weight excluding hydrogens is 332 g/mol. The SMILES string of the molecule is CN(C)c1ccc(NC(=O)COc2ccc(Br)cc2)cc1. The Morgan fingerprint density at radius 1 is 1.10 bits per heavy atom. The lowest BCUT2D eigenvalue weighted by atomic mass is 10.2. The number of rotatable bonds is 5. The molecule has 5 heteroatoms. The second kappa shape index (κ2) is 7.13. The molecule has 0 bridgehead atoms. The molecule has 4 nitrogen and oxygen atoms in total. The quantitative estimate of drug-likeness (QED) is 0.898. The van der Waals surface area contributed by atoms with Crippen molar-refractivity contribution in [2.24, 2.45) is 0 Å². The molecule has 0 heterocycles. The van der Waals surface area contributed by atoms with Crippen LogP contribution in [-0.4, -0.2) is 26.6 Å². The standard InChI is InChI=1S/C16H17BrN2O2/c1-19(2)14-7-5-13(6-8-14)18-16(20)11-21-15-9-3-12(17)4-10-15/h3-10H,11H2,1-2H3,(H,18,20). The van der Waals surface area contributed by atoms with E-state index in [0.29, 0.717) is 5.75 Å². The van der Waals surface area contributed by atoms with Crippen LogP contribution in [0.3, 0.4) is 0 Å². The highest BCUT2D eigenvalue weighted by Crippen LogP contribution is 2.17. The third-order valence-electron chi connectivity index (χ3n) is 2.85. The van der Waals surface area contributed by atoms with Crippen LogP contribution in [0, 0.1) is 0 Å². The van der Waals surface area contributed by atoms with E-state index in [0.717, 1.165) is 15.8 Å². The number of nitrogens with one attached hydrogen (secondary N) is 1. The molecule has 0 spiro atoms. The summed E-state index contributed by atoms with van der Waals surface area (Å²) >= 11 is 3.35. The summed E-state index contributed by atoms with van der Waals surface area (Å²) in [5.41, 5.74) is 1.84. The predicted molar refractivity (Wildman–Crippen MR) is 89.0 cm³/mol. The summed E-state index contributed by atoms with van der Waals surface area (Å²) in [4.78, 5) is 13.8. The molecule has 2 aromatic rings. The summed E-state index contributed by atoms with van der Waals surface area (Å²) in [5, 5.41) is 2.80. The molecule has 0 aliphatic rings. The molecule has 0 aromatic heterocycles. The number of carbonyl (C=O) groups excluding carboxylic acids is 1. The maximum atomic E-state index is 11.8. The van der Waals surface area contributed by atoms with Crippen molar-refractivity contribution in [3.8, 4) is 5.75 Å². The van der Waals surface area contributed by atoms with Gasteiger partial charge < -0.3 is 15.0 Å². The van der Waals surface area contributed by atoms with Crippen molar-refractivity contribution in [2.45, 2.75) is 0 Å². The zero-order valence-electron chi connectivity index (χ0n) is 12.0. The largest absolute Gasteiger partial charge is 0.484 e. The van der Waals surface area contributed by atoms with E-state index in [-0.39, 0.29) is 12.5 Å². The fourth-order valence-corrected chi connectivity index (χ4v) is 1.98. The van der Waals surface area contributed by atoms with Gasteiger partial charge in [-0.15, -0.1) is 0 Å². The minimum absolute atomic E-state index is 0.0168. The maximum absolute atomic E-state index is 11.8. The first-order valence-electron chi connectivity index (χ1n) is 6.50. The van der Waals surface area contributed by atoms with Crippen molar-refractivity contribution in [2.75, 3.05) is 30.9 Å². The molecule has 0 saturated heterocycles. The van der Waals surface area contributed by atoms with Gasteiger partial charge in [0.15, 0.2) is 6.61 Å². The Morgan fingerprint density at radius 3 is 2.29 bits per heavy atom. The van der Waals surface area contributed by atoms with E-state index < -0.39 is 0 Å². The lowest BCUT2D eigenvalue weighted by Gasteiger charge is -2.13. The molecule has 1 N–H and O–H groups in total. The van der Waals surface area contributed by atoms with E-state index in [1.54, 1.807) is 0 Å². The minimum atomic E-state index is -0.185. The highest BCUT2D eigenvalue weighted by Gasteiger charge is 2.04. The number of ether oxygens (including phenoxy) is 1. The van der Waals surface area contributed by atoms with Crippen molar-refractivity contribution in [3.05, 3.63) is 53.0 Å². The summed E-state index contributed by atoms with van der Waals surface area (Å²) in [6.07, 6.45) is 0. The second-order valence-corrected chi connectivity index (χ2v) is 5.65. The number of hydrogen-bond donors (Lipinski definition) is 1. The van der Waals surface area contributed by atoms with Gasteiger partial charge in [-0.1, -0.05) is 15.9 Å². The molecule has 0 radical (unpaired) electrons. The third kappa shape index (κ3) is 4.79. The van der Waals surface area contributed by atoms with Crippen LogP contribution in [0.4, 0.5) is 11.4 Å². The number of nitrogens with zero attached hydrogens (tertiary/aromatic N) is 1. The number of halogens is 1. The van der Waals surface area contributed by atoms with Gasteiger partial charge in [-0.25, -0.2) is 0 Å². The summed E-state index contributed by atoms with van der Waals surface area (Å²) in [6, 6.07) is 15.0. The molecule has 21 heavy (non-hydrogen) atoms. The van der Waals surface area contributed by atoms with Crippen LogP contribution in [0.15, 0.2) is 53.0 Å². The van der Waals surface area contributed by atoms with Gasteiger partial charge in [-0.2, -0.15) is 0 Å². The van der Waals surface area contributed by atoms with Gasteiger partial charge in [0.25, 0.3) is 5.91 Å². The zero-order valence-corrected chi connectivity index (χ0v) is 13.6. The van der Waals surface area contributed by atoms with Crippen LogP contribution in [0.5, 0.6) is 5.75 Å². The number of hydrogen-bond acceptors (Lipinski definition) is 3. The lowest BCUT2D eigenvalue weighted by molar-refractivity contribution is -0.118. The van der Waals surface area contributed by atoms with E-state index in [2.05, 4.69) is 21.2 Å². The maximum Gasteiger partial charge on any atom is 0.262 e. The normalized spacial score (nSPS) is 10.0. The van der Waals surface area contributed by atoms with Crippen LogP contribution < -0.4 is 15.0 Å². The predicted octanol–water partition coefficient (Wildman–Crippen LogP) is 3.53. The van der Waals surface area contributed by atoms with E-state index in [1.165, 1.54) is 0 Å². The molecule has 0 fully saturated rings. The Hall–Kier alpha value is -2.01. The van der Waals surface area contributed by atoms with Gasteiger partial charge in [-0.05, 0) is 48.5 Å². The minimum Gasteiger partial charge on any atom is -0.484 e. The molecule has 0 saturated carbocycles. The summed E-state index contributed by atoms with van der Waals surface area (Å²) in [7, 11) is 3.94. The highest BCUT2D eigenvalue weighted by molar-refractivity contribution is 9.10. The van der Waals surface area contributed by atoms with Gasteiger partial charge in [0.05, 0.1) is 0 Å². The van der Waals surface area contributed by atoms with Gasteiger partial charge in [0.2, 0.25) is 0 Å². The second-order valence-electron chi connectivity index (χ2n) is 4.73. The Bertz CT molecular complexity index is 595. The fourth-order valence-electron chi connectivity index (χ4n) is 1.72. The average molecular weight is 349 g/mol. The van der Waals surface area contributed by atoms with Crippen LogP contribution in [0.1, 0.15) is 0 Å². The van der Waals surface area contributed by atoms with Crippen LogP contribution in [-0.2, 0) is 4.79 Å². The lowest BCUT2D eigenvalue weighted by Crippen LogP contribution is -2.20. The van der Waals surface area contributed by atoms with Crippen molar-refractivity contribution < 1.29 is 9.53 Å². The van der Waals surface area contributed by atoms with E-state index in [9.17, 15) is 4.79 Å². The van der Waals surface area contributed by atoms with Crippen molar-refractivity contribution >= 4 is 33.2 Å². The molecular formula is C16H17BrN2O2. The first-order chi connectivity index (χ1) is 10.0. The molecule has 2 rings (SSSR count). The van der Waals surface area contributed by atoms with Crippen molar-refractivity contribution in [3.63, 3.8) is 0 Å². The van der Waals surface area contributed by atoms with Crippen molar-refractivity contribution in [1.82, 2.24) is 0 Å². The monoisotopic (exact) mass is 348 g/mol. The van der Waals surface area contributed by atoms with Gasteiger partial charge in [-0.3, -0.25) is 4.79 Å². The summed E-state index contributed by atoms with van der Waals surface area (Å²) in [6.45, 7) is -0.0168. The van der Waals surface area contributed by atoms with E-state index in [1.807, 2.05) is 67.5 Å². The van der Waals surface area contributed by atoms with E-state index in [4.69, 9.17) is 4.74 Å². The third-order valence-corrected chi connectivity index (χ3v) is 3.38. The first-order valence-corrected chi connectivity index (χ1v) is 7.29. The Kier molecular flexibility index (Phi) is 5.22. The zero-order chi connectivity index (χ0) is 15.2. The number of carbonyl (C=O) groups is 1. The Balaban J connectivity index is 1.85. The topological polar surface area (TPSA) is 41.6 Å². The molecule has 0 aliphatic heterocycles. The molecule has 2 aromatic carbocycles. The number of benzene rings is 2. The molecule has 0 atom stereocenters. The molecule has 0 unspecified atom stereocenters. The van der Waals surface area contributed by atoms with Crippen LogP contribution in [0.25, 0.3) is 0 Å². The van der Waals surface area contributed by atoms with Crippen LogP contribution >= 0.6 is 15.9 Å². The van der Waals surface area contributed by atoms with Gasteiger partial charge >= 0.3 is 0 Å². The highest BCUT2D eigenvalue weighted by atomic mass is 79.9. The summed E-state index contributed by atoms with van der Waals surface area (Å²) in [5.74, 6) is 0.479. The molecule has 110 valence electrons. The number of amides is 1. The molecule has 1 amide bonds. The van der Waals surface area contributed by atoms with Gasteiger partial charge in [0.1, 0.15) is 5.75 Å². The number of anilines is 2. The Morgan fingerprint density at radius 2 is 1.71 bits per heavy atom. The van der Waals surface area contributed by atoms with Crippen molar-refractivity contribution in [1.29, 1.82) is 0 Å². The summed E-state index contributed by atoms with van der Waals surface area (Å²) < 4.78 is 6.39. The van der Waals surface area contributed by atoms with Gasteiger partial charge in [0, 0.05) is 29.9 Å². The van der Waals surface area contributed by atoms with E-state index >= 15 is 0 Å². The molecule has 0 aliphatic carbocycles. The average Bonchev–Trinajstić information content (AvgIpc) is 2.47. The fraction of sp³-hybridized carbons (Fsp3) is 0.188. The smallest absolute Gasteiger partial charge is 0.262 e. The first kappa shape index (κ1) is 15.4. The van der Waals surface area contributed by atoms with Crippen LogP contribution in [0.2, 0.25) is 0 Å². The Labute approximate surface area is 132 Å².